The predicted octanol–water partition coefficient (Wildman–Crippen LogP) is 4.87. The summed E-state index contributed by atoms with van der Waals surface area (Å²) >= 11 is 0. The Bertz CT molecular complexity index is 208. The molecule has 0 radical (unpaired) electrons. The molecule has 0 unspecified atom stereocenters. The zero-order valence-corrected chi connectivity index (χ0v) is 7.00. The van der Waals surface area contributed by atoms with E-state index in [2.05, 4.69) is 0 Å². The van der Waals surface area contributed by atoms with Crippen molar-refractivity contribution >= 4 is 7.22 Å². The van der Waals surface area contributed by atoms with Gasteiger partial charge in [-0.25, -0.2) is 0 Å². The first-order chi connectivity index (χ1) is 6.07. The summed E-state index contributed by atoms with van der Waals surface area (Å²) in [6.45, 7) is 0. The van der Waals surface area contributed by atoms with Crippen LogP contribution in [0.3, 0.4) is 0 Å². The van der Waals surface area contributed by atoms with Crippen molar-refractivity contribution in [2.75, 3.05) is 0 Å². The van der Waals surface area contributed by atoms with Crippen molar-refractivity contribution in [3.63, 3.8) is 0 Å². The molecule has 0 spiro atoms. The topological polar surface area (TPSA) is 0 Å². The van der Waals surface area contributed by atoms with Crippen LogP contribution in [0.1, 0.15) is 0 Å². The molecule has 0 aliphatic rings. The zero-order chi connectivity index (χ0) is 12.9. The van der Waals surface area contributed by atoms with E-state index in [1.807, 2.05) is 0 Å². The van der Waals surface area contributed by atoms with Gasteiger partial charge >= 0.3 is 72.9 Å². The number of halogens is 11. The molecule has 0 bridgehead atoms. The van der Waals surface area contributed by atoms with E-state index in [1.54, 1.807) is 0 Å². The van der Waals surface area contributed by atoms with Gasteiger partial charge in [0.15, 0.2) is 0 Å². The molecule has 0 aliphatic heterocycles. The van der Waals surface area contributed by atoms with Gasteiger partial charge in [0.25, 0.3) is 0 Å². The third-order valence-electron chi connectivity index (χ3n) is 1.34. The normalized spacial score (nSPS) is 18.5. The molecule has 94 valence electrons. The quantitative estimate of drug-likeness (QED) is 0.437. The summed E-state index contributed by atoms with van der Waals surface area (Å²) in [5, 5.41) is 0. The van der Waals surface area contributed by atoms with Gasteiger partial charge in [-0.2, -0.15) is 0 Å². The number of hydrogen-bond acceptors (Lipinski definition) is 0. The summed E-state index contributed by atoms with van der Waals surface area (Å²) in [6, 6.07) is 0. The Balaban J connectivity index is 6.08. The fourth-order valence-electron chi connectivity index (χ4n) is 0.431. The van der Waals surface area contributed by atoms with Gasteiger partial charge in [-0.05, 0) is 0 Å². The van der Waals surface area contributed by atoms with E-state index in [0.29, 0.717) is 0 Å². The SMILES string of the molecule is FC(F)(F)P(F)(F)(C(F)(F)F)C(F)(F)F. The molecule has 12 heteroatoms. The Morgan fingerprint density at radius 2 is 0.600 bits per heavy atom. The summed E-state index contributed by atoms with van der Waals surface area (Å²) in [5.41, 5.74) is 0. The Labute approximate surface area is 74.2 Å². The van der Waals surface area contributed by atoms with Crippen LogP contribution in [0.25, 0.3) is 0 Å². The van der Waals surface area contributed by atoms with Crippen LogP contribution < -0.4 is 0 Å². The fraction of sp³-hybridized carbons (Fsp3) is 1.00. The third kappa shape index (κ3) is 1.46. The molecule has 0 N–H and O–H groups in total. The van der Waals surface area contributed by atoms with Crippen molar-refractivity contribution in [2.45, 2.75) is 17.8 Å². The van der Waals surface area contributed by atoms with Gasteiger partial charge in [0.2, 0.25) is 0 Å². The minimum absolute atomic E-state index is 7.69. The minimum atomic E-state index is -10.8. The Morgan fingerprint density at radius 3 is 0.600 bits per heavy atom. The average Bonchev–Trinajstić information content (AvgIpc) is 1.78. The van der Waals surface area contributed by atoms with Gasteiger partial charge in [0.1, 0.15) is 0 Å². The standard InChI is InChI=1S/C3F11P/c4-1(5,6)15(13,14,2(7,8)9)3(10,11)12. The van der Waals surface area contributed by atoms with Crippen LogP contribution in [0.4, 0.5) is 47.9 Å². The van der Waals surface area contributed by atoms with Crippen LogP contribution in [-0.4, -0.2) is 17.8 Å². The molecule has 0 atom stereocenters. The first kappa shape index (κ1) is 14.7. The van der Waals surface area contributed by atoms with E-state index < -0.39 is 25.0 Å². The molecule has 0 rings (SSSR count). The van der Waals surface area contributed by atoms with E-state index in [0.717, 1.165) is 0 Å². The van der Waals surface area contributed by atoms with E-state index in [1.165, 1.54) is 0 Å². The van der Waals surface area contributed by atoms with Gasteiger partial charge in [-0.1, -0.05) is 0 Å². The molecule has 0 fully saturated rings. The van der Waals surface area contributed by atoms with Crippen molar-refractivity contribution in [1.29, 1.82) is 0 Å². The van der Waals surface area contributed by atoms with Crippen molar-refractivity contribution in [1.82, 2.24) is 0 Å². The van der Waals surface area contributed by atoms with E-state index in [9.17, 15) is 47.9 Å². The number of rotatable bonds is 0. The monoisotopic (exact) mass is 276 g/mol. The summed E-state index contributed by atoms with van der Waals surface area (Å²) in [6.07, 6.45) is 0. The Kier molecular flexibility index (Phi) is 2.80. The molecule has 0 amide bonds. The summed E-state index contributed by atoms with van der Waals surface area (Å²) < 4.78 is 126. The number of hydrogen-bond donors (Lipinski definition) is 0. The van der Waals surface area contributed by atoms with E-state index in [-0.39, 0.29) is 0 Å². The van der Waals surface area contributed by atoms with Crippen molar-refractivity contribution in [2.24, 2.45) is 0 Å². The van der Waals surface area contributed by atoms with Crippen molar-refractivity contribution in [3.05, 3.63) is 0 Å². The first-order valence-electron chi connectivity index (χ1n) is 2.71. The Hall–Kier alpha value is -0.340. The third-order valence-corrected chi connectivity index (χ3v) is 4.01. The molecule has 0 aromatic heterocycles. The molecular formula is C3F11P. The molecule has 0 nitrogen and oxygen atoms in total. The molecule has 0 aliphatic carbocycles. The van der Waals surface area contributed by atoms with Crippen LogP contribution in [-0.2, 0) is 0 Å². The van der Waals surface area contributed by atoms with E-state index in [4.69, 9.17) is 0 Å². The summed E-state index contributed by atoms with van der Waals surface area (Å²) in [7, 11) is -10.8. The molecule has 0 heterocycles. The van der Waals surface area contributed by atoms with Gasteiger partial charge in [0.05, 0.1) is 0 Å². The van der Waals surface area contributed by atoms with E-state index >= 15 is 0 Å². The second kappa shape index (κ2) is 2.86. The molecule has 15 heavy (non-hydrogen) atoms. The average molecular weight is 276 g/mol. The summed E-state index contributed by atoms with van der Waals surface area (Å²) in [4.78, 5) is 0. The fourth-order valence-corrected chi connectivity index (χ4v) is 1.29. The van der Waals surface area contributed by atoms with Gasteiger partial charge < -0.3 is 0 Å². The van der Waals surface area contributed by atoms with Gasteiger partial charge in [0, 0.05) is 0 Å². The van der Waals surface area contributed by atoms with Crippen molar-refractivity contribution in [3.8, 4) is 0 Å². The molecule has 0 saturated carbocycles. The van der Waals surface area contributed by atoms with Gasteiger partial charge in [-0.3, -0.25) is 0 Å². The van der Waals surface area contributed by atoms with Crippen LogP contribution in [0.2, 0.25) is 0 Å². The van der Waals surface area contributed by atoms with Crippen LogP contribution in [0, 0.1) is 0 Å². The van der Waals surface area contributed by atoms with Crippen LogP contribution in [0.5, 0.6) is 0 Å². The van der Waals surface area contributed by atoms with Crippen LogP contribution >= 0.6 is 7.22 Å². The molecule has 0 saturated heterocycles. The molecule has 0 aromatic rings. The molecular weight excluding hydrogens is 276 g/mol. The maximum absolute atomic E-state index is 12.1. The predicted molar refractivity (Wildman–Crippen MR) is 27.3 cm³/mol. The van der Waals surface area contributed by atoms with Crippen LogP contribution in [0.15, 0.2) is 0 Å². The first-order valence-corrected chi connectivity index (χ1v) is 4.73. The van der Waals surface area contributed by atoms with Crippen molar-refractivity contribution < 1.29 is 47.9 Å². The number of alkyl halides is 9. The molecule has 0 aromatic carbocycles. The second-order valence-electron chi connectivity index (χ2n) is 2.31. The zero-order valence-electron chi connectivity index (χ0n) is 6.10. The Morgan fingerprint density at radius 1 is 0.467 bits per heavy atom. The summed E-state index contributed by atoms with van der Waals surface area (Å²) in [5.74, 6) is -23.1. The maximum atomic E-state index is 12.1. The van der Waals surface area contributed by atoms with Gasteiger partial charge in [-0.15, -0.1) is 0 Å². The second-order valence-corrected chi connectivity index (χ2v) is 5.64.